The number of aromatic carboxylic acids is 2. The fraction of sp³-hybridized carbons (Fsp3) is 0.467. The van der Waals surface area contributed by atoms with Crippen LogP contribution in [0.4, 0.5) is 0 Å². The van der Waals surface area contributed by atoms with Gasteiger partial charge >= 0.3 is 11.9 Å². The highest BCUT2D eigenvalue weighted by Gasteiger charge is 2.12. The van der Waals surface area contributed by atoms with Crippen LogP contribution in [0.25, 0.3) is 0 Å². The minimum atomic E-state index is -0.879. The van der Waals surface area contributed by atoms with Gasteiger partial charge in [0.15, 0.2) is 0 Å². The van der Waals surface area contributed by atoms with Gasteiger partial charge < -0.3 is 20.4 Å². The van der Waals surface area contributed by atoms with Crippen molar-refractivity contribution in [2.45, 2.75) is 85.4 Å². The van der Waals surface area contributed by atoms with E-state index in [4.69, 9.17) is 20.4 Å². The molecule has 2 rings (SSSR count). The van der Waals surface area contributed by atoms with Crippen LogP contribution >= 0.6 is 0 Å². The maximum absolute atomic E-state index is 10.2. The van der Waals surface area contributed by atoms with Gasteiger partial charge in [0.05, 0.1) is 23.3 Å². The van der Waals surface area contributed by atoms with Crippen LogP contribution in [-0.4, -0.2) is 44.6 Å². The van der Waals surface area contributed by atoms with Gasteiger partial charge in [0.25, 0.3) is 0 Å². The molecule has 6 nitrogen and oxygen atoms in total. The third-order valence-corrected chi connectivity index (χ3v) is 5.26. The highest BCUT2D eigenvalue weighted by atomic mass is 16.4. The Kier molecular flexibility index (Phi) is 20.9. The molecule has 0 saturated carbocycles. The molecule has 0 aliphatic carbocycles. The molecule has 0 fully saturated rings. The molecule has 0 bridgehead atoms. The first-order valence-electron chi connectivity index (χ1n) is 12.4. The van der Waals surface area contributed by atoms with Gasteiger partial charge in [0.2, 0.25) is 0 Å². The molecule has 0 aliphatic rings. The zero-order valence-electron chi connectivity index (χ0n) is 22.6. The summed E-state index contributed by atoms with van der Waals surface area (Å²) in [6, 6.07) is 16.6. The topological polar surface area (TPSA) is 115 Å². The lowest BCUT2D eigenvalue weighted by Gasteiger charge is -2.20. The Bertz CT molecular complexity index is 766. The lowest BCUT2D eigenvalue weighted by Crippen LogP contribution is -2.13. The molecule has 0 saturated heterocycles. The summed E-state index contributed by atoms with van der Waals surface area (Å²) in [7, 11) is 0. The lowest BCUT2D eigenvalue weighted by atomic mass is 9.85. The summed E-state index contributed by atoms with van der Waals surface area (Å²) in [5.74, 6) is -1.76. The minimum Gasteiger partial charge on any atom is -0.478 e. The number of hydrogen-bond donors (Lipinski definition) is 4. The molecular weight excluding hydrogens is 456 g/mol. The number of carboxylic acids is 2. The first-order chi connectivity index (χ1) is 16.9. The molecule has 6 heteroatoms. The van der Waals surface area contributed by atoms with Gasteiger partial charge in [-0.3, -0.25) is 0 Å². The maximum Gasteiger partial charge on any atom is 0.335 e. The minimum absolute atomic E-state index is 0.310. The number of allylic oxidation sites excluding steroid dienone is 1. The van der Waals surface area contributed by atoms with Gasteiger partial charge in [-0.2, -0.15) is 0 Å². The molecule has 0 amide bonds. The van der Waals surface area contributed by atoms with Crippen molar-refractivity contribution in [2.24, 2.45) is 5.41 Å². The van der Waals surface area contributed by atoms with Crippen LogP contribution in [0.3, 0.4) is 0 Å². The molecule has 2 aromatic rings. The number of aliphatic hydroxyl groups excluding tert-OH is 2. The fourth-order valence-electron chi connectivity index (χ4n) is 2.68. The number of rotatable bonds is 10. The second-order valence-electron chi connectivity index (χ2n) is 9.21. The van der Waals surface area contributed by atoms with Crippen molar-refractivity contribution in [3.63, 3.8) is 0 Å². The van der Waals surface area contributed by atoms with Crippen molar-refractivity contribution in [1.29, 1.82) is 0 Å². The molecule has 0 aromatic heterocycles. The maximum atomic E-state index is 10.2. The van der Waals surface area contributed by atoms with Gasteiger partial charge in [-0.05, 0) is 62.3 Å². The largest absolute Gasteiger partial charge is 0.478 e. The molecule has 0 spiro atoms. The van der Waals surface area contributed by atoms with E-state index in [1.54, 1.807) is 67.6 Å². The van der Waals surface area contributed by atoms with Crippen LogP contribution in [0.15, 0.2) is 73.3 Å². The summed E-state index contributed by atoms with van der Waals surface area (Å²) >= 11 is 0. The highest BCUT2D eigenvalue weighted by Crippen LogP contribution is 2.25. The Morgan fingerprint density at radius 1 is 0.889 bits per heavy atom. The third-order valence-electron chi connectivity index (χ3n) is 5.26. The van der Waals surface area contributed by atoms with Crippen LogP contribution in [0, 0.1) is 5.41 Å². The zero-order chi connectivity index (χ0) is 28.0. The Hall–Kier alpha value is -2.96. The van der Waals surface area contributed by atoms with Gasteiger partial charge in [-0.15, -0.1) is 6.58 Å². The Morgan fingerprint density at radius 2 is 1.31 bits per heavy atom. The molecule has 2 aromatic carbocycles. The monoisotopic (exact) mass is 502 g/mol. The smallest absolute Gasteiger partial charge is 0.335 e. The van der Waals surface area contributed by atoms with Crippen LogP contribution in [0.5, 0.6) is 0 Å². The van der Waals surface area contributed by atoms with Crippen molar-refractivity contribution >= 4 is 11.9 Å². The second-order valence-corrected chi connectivity index (χ2v) is 9.21. The predicted octanol–water partition coefficient (Wildman–Crippen LogP) is 7.08. The Labute approximate surface area is 217 Å². The van der Waals surface area contributed by atoms with Crippen LogP contribution < -0.4 is 0 Å². The zero-order valence-corrected chi connectivity index (χ0v) is 22.6. The van der Waals surface area contributed by atoms with Gasteiger partial charge in [0, 0.05) is 0 Å². The van der Waals surface area contributed by atoms with E-state index >= 15 is 0 Å². The normalized spacial score (nSPS) is 11.6. The summed E-state index contributed by atoms with van der Waals surface area (Å²) < 4.78 is 0. The van der Waals surface area contributed by atoms with Gasteiger partial charge in [-0.25, -0.2) is 9.59 Å². The SMILES string of the molecule is C=CCCC(C)(C)CC.CCCC(O)CC(C)O.O=C(O)c1ccccc1.O=C(O)c1ccccc1. The van der Waals surface area contributed by atoms with E-state index in [0.29, 0.717) is 23.0 Å². The predicted molar refractivity (Wildman–Crippen MR) is 148 cm³/mol. The molecule has 0 heterocycles. The number of hydrogen-bond acceptors (Lipinski definition) is 4. The van der Waals surface area contributed by atoms with Crippen molar-refractivity contribution in [1.82, 2.24) is 0 Å². The summed E-state index contributed by atoms with van der Waals surface area (Å²) in [4.78, 5) is 20.4. The average molecular weight is 503 g/mol. The Balaban J connectivity index is 0. The van der Waals surface area contributed by atoms with Crippen molar-refractivity contribution in [3.05, 3.63) is 84.4 Å². The first kappa shape index (κ1) is 35.2. The summed E-state index contributed by atoms with van der Waals surface area (Å²) in [5, 5.41) is 34.6. The standard InChI is InChI=1S/C9H18.2C7H6O2.C7H16O2/c1-5-7-8-9(3,4)6-2;2*8-7(9)6-4-2-1-3-5-6;1-3-4-7(9)5-6(2)8/h5H,1,6-8H2,2-4H3;2*1-5H,(H,8,9);6-9H,3-5H2,1-2H3. The third kappa shape index (κ3) is 21.6. The molecule has 0 radical (unpaired) electrons. The molecule has 0 aliphatic heterocycles. The quantitative estimate of drug-likeness (QED) is 0.258. The van der Waals surface area contributed by atoms with E-state index in [9.17, 15) is 9.59 Å². The number of aliphatic hydroxyl groups is 2. The second kappa shape index (κ2) is 21.3. The number of benzene rings is 2. The van der Waals surface area contributed by atoms with Gasteiger partial charge in [0.1, 0.15) is 0 Å². The Morgan fingerprint density at radius 3 is 1.56 bits per heavy atom. The highest BCUT2D eigenvalue weighted by molar-refractivity contribution is 5.87. The van der Waals surface area contributed by atoms with Crippen molar-refractivity contribution < 1.29 is 30.0 Å². The van der Waals surface area contributed by atoms with Crippen LogP contribution in [-0.2, 0) is 0 Å². The van der Waals surface area contributed by atoms with Crippen LogP contribution in [0.1, 0.15) is 93.9 Å². The lowest BCUT2D eigenvalue weighted by molar-refractivity contribution is 0.0686. The van der Waals surface area contributed by atoms with E-state index in [-0.39, 0.29) is 12.2 Å². The number of carboxylic acid groups (broad SMARTS) is 2. The molecule has 36 heavy (non-hydrogen) atoms. The van der Waals surface area contributed by atoms with E-state index in [1.165, 1.54) is 12.8 Å². The summed E-state index contributed by atoms with van der Waals surface area (Å²) in [5.41, 5.74) is 1.18. The average Bonchev–Trinajstić information content (AvgIpc) is 2.85. The molecule has 2 unspecified atom stereocenters. The molecule has 202 valence electrons. The van der Waals surface area contributed by atoms with E-state index in [0.717, 1.165) is 19.3 Å². The number of carbonyl (C=O) groups is 2. The summed E-state index contributed by atoms with van der Waals surface area (Å²) in [6.07, 6.45) is 7.29. The van der Waals surface area contributed by atoms with Crippen molar-refractivity contribution in [3.8, 4) is 0 Å². The molecule has 2 atom stereocenters. The van der Waals surface area contributed by atoms with Gasteiger partial charge in [-0.1, -0.05) is 83.0 Å². The van der Waals surface area contributed by atoms with Crippen LogP contribution in [0.2, 0.25) is 0 Å². The van der Waals surface area contributed by atoms with E-state index in [1.807, 2.05) is 13.0 Å². The fourth-order valence-corrected chi connectivity index (χ4v) is 2.68. The van der Waals surface area contributed by atoms with E-state index in [2.05, 4.69) is 27.4 Å². The first-order valence-corrected chi connectivity index (χ1v) is 12.4. The van der Waals surface area contributed by atoms with E-state index < -0.39 is 11.9 Å². The molecule has 4 N–H and O–H groups in total. The van der Waals surface area contributed by atoms with Crippen molar-refractivity contribution in [2.75, 3.05) is 0 Å². The molecular formula is C30H46O6. The summed E-state index contributed by atoms with van der Waals surface area (Å²) in [6.45, 7) is 14.3.